The van der Waals surface area contributed by atoms with E-state index in [1.54, 1.807) is 18.2 Å². The first kappa shape index (κ1) is 18.2. The van der Waals surface area contributed by atoms with E-state index in [0.717, 1.165) is 11.1 Å². The largest absolute Gasteiger partial charge is 0.452 e. The Bertz CT molecular complexity index is 786. The van der Waals surface area contributed by atoms with Crippen LogP contribution in [0.4, 0.5) is 5.69 Å². The van der Waals surface area contributed by atoms with Crippen LogP contribution < -0.4 is 10.6 Å². The molecule has 2 aromatic carbocycles. The third-order valence-electron chi connectivity index (χ3n) is 3.33. The molecule has 0 aliphatic carbocycles. The van der Waals surface area contributed by atoms with Crippen LogP contribution in [0, 0.1) is 6.92 Å². The van der Waals surface area contributed by atoms with Crippen LogP contribution in [0.1, 0.15) is 28.4 Å². The summed E-state index contributed by atoms with van der Waals surface area (Å²) in [4.78, 5) is 34.8. The number of esters is 1. The van der Waals surface area contributed by atoms with Crippen LogP contribution in [-0.4, -0.2) is 24.4 Å². The molecule has 6 heteroatoms. The third kappa shape index (κ3) is 6.10. The van der Waals surface area contributed by atoms with Crippen LogP contribution in [0.25, 0.3) is 0 Å². The van der Waals surface area contributed by atoms with Crippen molar-refractivity contribution in [3.05, 3.63) is 65.2 Å². The van der Waals surface area contributed by atoms with Gasteiger partial charge in [-0.25, -0.2) is 4.79 Å². The Balaban J connectivity index is 1.83. The second-order valence-corrected chi connectivity index (χ2v) is 5.60. The van der Waals surface area contributed by atoms with Crippen molar-refractivity contribution >= 4 is 23.5 Å². The van der Waals surface area contributed by atoms with E-state index in [-0.39, 0.29) is 24.0 Å². The van der Waals surface area contributed by atoms with Crippen molar-refractivity contribution in [2.45, 2.75) is 20.4 Å². The van der Waals surface area contributed by atoms with Gasteiger partial charge in [-0.15, -0.1) is 0 Å². The van der Waals surface area contributed by atoms with Gasteiger partial charge >= 0.3 is 5.97 Å². The van der Waals surface area contributed by atoms with Gasteiger partial charge in [0.15, 0.2) is 6.61 Å². The van der Waals surface area contributed by atoms with Crippen LogP contribution >= 0.6 is 0 Å². The summed E-state index contributed by atoms with van der Waals surface area (Å²) >= 11 is 0. The average Bonchev–Trinajstić information content (AvgIpc) is 2.57. The summed E-state index contributed by atoms with van der Waals surface area (Å²) in [7, 11) is 0. The zero-order chi connectivity index (χ0) is 18.2. The van der Waals surface area contributed by atoms with E-state index >= 15 is 0 Å². The summed E-state index contributed by atoms with van der Waals surface area (Å²) in [6, 6.07) is 14.1. The molecule has 0 saturated carbocycles. The predicted octanol–water partition coefficient (Wildman–Crippen LogP) is 2.43. The number of ether oxygens (including phenoxy) is 1. The molecule has 0 atom stereocenters. The van der Waals surface area contributed by atoms with Gasteiger partial charge in [0.25, 0.3) is 5.91 Å². The summed E-state index contributed by atoms with van der Waals surface area (Å²) in [5, 5.41) is 5.28. The second kappa shape index (κ2) is 8.63. The van der Waals surface area contributed by atoms with E-state index in [1.807, 2.05) is 31.2 Å². The van der Waals surface area contributed by atoms with Crippen LogP contribution in [-0.2, 0) is 20.9 Å². The normalized spacial score (nSPS) is 10.0. The molecule has 0 heterocycles. The molecule has 2 amide bonds. The van der Waals surface area contributed by atoms with Crippen molar-refractivity contribution in [3.8, 4) is 0 Å². The van der Waals surface area contributed by atoms with Crippen molar-refractivity contribution in [2.75, 3.05) is 11.9 Å². The Hall–Kier alpha value is -3.15. The van der Waals surface area contributed by atoms with Gasteiger partial charge in [-0.2, -0.15) is 0 Å². The zero-order valence-electron chi connectivity index (χ0n) is 14.2. The summed E-state index contributed by atoms with van der Waals surface area (Å²) in [5.74, 6) is -1.24. The quantitative estimate of drug-likeness (QED) is 0.791. The number of benzene rings is 2. The number of anilines is 1. The molecular formula is C19H20N2O4. The maximum atomic E-state index is 12.0. The highest BCUT2D eigenvalue weighted by atomic mass is 16.5. The van der Waals surface area contributed by atoms with Gasteiger partial charge in [-0.05, 0) is 30.7 Å². The third-order valence-corrected chi connectivity index (χ3v) is 3.33. The number of hydrogen-bond acceptors (Lipinski definition) is 4. The highest BCUT2D eigenvalue weighted by Gasteiger charge is 2.11. The summed E-state index contributed by atoms with van der Waals surface area (Å²) in [6.07, 6.45) is 0. The molecule has 0 aliphatic heterocycles. The van der Waals surface area contributed by atoms with Gasteiger partial charge in [0.05, 0.1) is 5.56 Å². The molecule has 2 rings (SSSR count). The van der Waals surface area contributed by atoms with Gasteiger partial charge in [0.2, 0.25) is 5.91 Å². The SMILES string of the molecule is CC(=O)Nc1cccc(C(=O)OCC(=O)NCc2cccc(C)c2)c1. The van der Waals surface area contributed by atoms with Crippen molar-refractivity contribution in [3.63, 3.8) is 0 Å². The molecule has 0 fully saturated rings. The topological polar surface area (TPSA) is 84.5 Å². The minimum absolute atomic E-state index is 0.235. The molecule has 6 nitrogen and oxygen atoms in total. The fraction of sp³-hybridized carbons (Fsp3) is 0.211. The zero-order valence-corrected chi connectivity index (χ0v) is 14.2. The van der Waals surface area contributed by atoms with Gasteiger partial charge in [0, 0.05) is 19.2 Å². The van der Waals surface area contributed by atoms with E-state index in [0.29, 0.717) is 12.2 Å². The fourth-order valence-corrected chi connectivity index (χ4v) is 2.22. The molecule has 0 radical (unpaired) electrons. The van der Waals surface area contributed by atoms with E-state index in [2.05, 4.69) is 10.6 Å². The predicted molar refractivity (Wildman–Crippen MR) is 94.1 cm³/mol. The Kier molecular flexibility index (Phi) is 6.28. The number of amides is 2. The van der Waals surface area contributed by atoms with Crippen molar-refractivity contribution in [1.29, 1.82) is 0 Å². The molecular weight excluding hydrogens is 320 g/mol. The van der Waals surface area contributed by atoms with Crippen molar-refractivity contribution in [2.24, 2.45) is 0 Å². The highest BCUT2D eigenvalue weighted by Crippen LogP contribution is 2.11. The minimum atomic E-state index is -0.627. The lowest BCUT2D eigenvalue weighted by Crippen LogP contribution is -2.28. The Morgan fingerprint density at radius 3 is 2.52 bits per heavy atom. The number of carbonyl (C=O) groups is 3. The Morgan fingerprint density at radius 2 is 1.80 bits per heavy atom. The first-order valence-electron chi connectivity index (χ1n) is 7.81. The number of hydrogen-bond donors (Lipinski definition) is 2. The van der Waals surface area contributed by atoms with Gasteiger partial charge in [-0.3, -0.25) is 9.59 Å². The molecule has 0 spiro atoms. The van der Waals surface area contributed by atoms with E-state index in [4.69, 9.17) is 4.74 Å². The maximum Gasteiger partial charge on any atom is 0.338 e. The summed E-state index contributed by atoms with van der Waals surface area (Å²) in [5.41, 5.74) is 2.84. The average molecular weight is 340 g/mol. The van der Waals surface area contributed by atoms with Crippen LogP contribution in [0.15, 0.2) is 48.5 Å². The Morgan fingerprint density at radius 1 is 1.04 bits per heavy atom. The van der Waals surface area contributed by atoms with Crippen molar-refractivity contribution in [1.82, 2.24) is 5.32 Å². The molecule has 0 saturated heterocycles. The summed E-state index contributed by atoms with van der Waals surface area (Å²) in [6.45, 7) is 3.36. The molecule has 0 unspecified atom stereocenters. The smallest absolute Gasteiger partial charge is 0.338 e. The molecule has 2 aromatic rings. The summed E-state index contributed by atoms with van der Waals surface area (Å²) < 4.78 is 5.00. The van der Waals surface area contributed by atoms with Crippen LogP contribution in [0.3, 0.4) is 0 Å². The monoisotopic (exact) mass is 340 g/mol. The maximum absolute atomic E-state index is 12.0. The lowest BCUT2D eigenvalue weighted by molar-refractivity contribution is -0.124. The molecule has 0 aliphatic rings. The van der Waals surface area contributed by atoms with Gasteiger partial charge < -0.3 is 15.4 Å². The van der Waals surface area contributed by atoms with E-state index in [1.165, 1.54) is 13.0 Å². The van der Waals surface area contributed by atoms with E-state index < -0.39 is 5.97 Å². The molecule has 130 valence electrons. The van der Waals surface area contributed by atoms with Crippen molar-refractivity contribution < 1.29 is 19.1 Å². The van der Waals surface area contributed by atoms with Gasteiger partial charge in [0.1, 0.15) is 0 Å². The first-order chi connectivity index (χ1) is 11.9. The number of nitrogens with one attached hydrogen (secondary N) is 2. The van der Waals surface area contributed by atoms with Gasteiger partial charge in [-0.1, -0.05) is 35.9 Å². The molecule has 0 aromatic heterocycles. The highest BCUT2D eigenvalue weighted by molar-refractivity contribution is 5.94. The Labute approximate surface area is 146 Å². The standard InChI is InChI=1S/C19H20N2O4/c1-13-5-3-6-15(9-13)11-20-18(23)12-25-19(24)16-7-4-8-17(10-16)21-14(2)22/h3-10H,11-12H2,1-2H3,(H,20,23)(H,21,22). The fourth-order valence-electron chi connectivity index (χ4n) is 2.22. The molecule has 0 bridgehead atoms. The number of aryl methyl sites for hydroxylation is 1. The van der Waals surface area contributed by atoms with Crippen LogP contribution in [0.2, 0.25) is 0 Å². The lowest BCUT2D eigenvalue weighted by atomic mass is 10.1. The minimum Gasteiger partial charge on any atom is -0.452 e. The van der Waals surface area contributed by atoms with E-state index in [9.17, 15) is 14.4 Å². The number of carbonyl (C=O) groups excluding carboxylic acids is 3. The molecule has 25 heavy (non-hydrogen) atoms. The second-order valence-electron chi connectivity index (χ2n) is 5.60. The van der Waals surface area contributed by atoms with Crippen LogP contribution in [0.5, 0.6) is 0 Å². The lowest BCUT2D eigenvalue weighted by Gasteiger charge is -2.08. The number of rotatable bonds is 6. The molecule has 2 N–H and O–H groups in total. The first-order valence-corrected chi connectivity index (χ1v) is 7.81.